The highest BCUT2D eigenvalue weighted by Crippen LogP contribution is 2.23. The Balaban J connectivity index is 2.53. The number of nitrogens with zero attached hydrogens (tertiary/aromatic N) is 2. The molecule has 2 rings (SSSR count). The molecule has 0 saturated carbocycles. The third-order valence-electron chi connectivity index (χ3n) is 2.38. The van der Waals surface area contributed by atoms with Gasteiger partial charge in [-0.15, -0.1) is 0 Å². The minimum Gasteiger partial charge on any atom is -0.368 e. The summed E-state index contributed by atoms with van der Waals surface area (Å²) in [5, 5.41) is 0. The molecule has 2 N–H and O–H groups in total. The second-order valence-corrected chi connectivity index (χ2v) is 3.65. The molecular weight excluding hydrogens is 186 g/mol. The van der Waals surface area contributed by atoms with Gasteiger partial charge in [-0.3, -0.25) is 0 Å². The first-order valence-electron chi connectivity index (χ1n) is 4.82. The summed E-state index contributed by atoms with van der Waals surface area (Å²) < 4.78 is 0. The molecule has 0 aliphatic heterocycles. The zero-order valence-electron chi connectivity index (χ0n) is 8.86. The van der Waals surface area contributed by atoms with E-state index in [1.54, 1.807) is 12.4 Å². The summed E-state index contributed by atoms with van der Waals surface area (Å²) in [7, 11) is 0. The standard InChI is InChI=1S/C12H13N3/c1-8-3-4-9(2)11(5-8)10-6-14-12(13)15-7-10/h3-7H,1-2H3,(H2,13,14,15). The summed E-state index contributed by atoms with van der Waals surface area (Å²) in [6, 6.07) is 6.32. The van der Waals surface area contributed by atoms with Crippen molar-refractivity contribution in [1.82, 2.24) is 9.97 Å². The van der Waals surface area contributed by atoms with Crippen LogP contribution in [0.3, 0.4) is 0 Å². The zero-order chi connectivity index (χ0) is 10.8. The van der Waals surface area contributed by atoms with Crippen LogP contribution < -0.4 is 5.73 Å². The van der Waals surface area contributed by atoms with Crippen LogP contribution in [0.2, 0.25) is 0 Å². The normalized spacial score (nSPS) is 10.3. The highest BCUT2D eigenvalue weighted by atomic mass is 15.0. The minimum absolute atomic E-state index is 0.309. The Morgan fingerprint density at radius 2 is 1.73 bits per heavy atom. The fourth-order valence-electron chi connectivity index (χ4n) is 1.52. The van der Waals surface area contributed by atoms with Gasteiger partial charge in [-0.1, -0.05) is 23.8 Å². The highest BCUT2D eigenvalue weighted by molar-refractivity contribution is 5.66. The molecule has 0 spiro atoms. The van der Waals surface area contributed by atoms with Gasteiger partial charge in [0.25, 0.3) is 0 Å². The second kappa shape index (κ2) is 3.69. The first-order chi connectivity index (χ1) is 7.16. The van der Waals surface area contributed by atoms with Gasteiger partial charge in [0, 0.05) is 18.0 Å². The van der Waals surface area contributed by atoms with Crippen molar-refractivity contribution in [3.05, 3.63) is 41.7 Å². The maximum Gasteiger partial charge on any atom is 0.219 e. The number of aryl methyl sites for hydroxylation is 2. The number of nitrogen functional groups attached to an aromatic ring is 1. The Bertz CT molecular complexity index is 475. The Kier molecular flexibility index (Phi) is 2.37. The molecule has 1 aromatic heterocycles. The molecule has 0 aliphatic carbocycles. The average molecular weight is 199 g/mol. The van der Waals surface area contributed by atoms with E-state index in [9.17, 15) is 0 Å². The monoisotopic (exact) mass is 199 g/mol. The Morgan fingerprint density at radius 1 is 1.07 bits per heavy atom. The molecule has 15 heavy (non-hydrogen) atoms. The van der Waals surface area contributed by atoms with Gasteiger partial charge in [-0.25, -0.2) is 9.97 Å². The smallest absolute Gasteiger partial charge is 0.219 e. The number of nitrogens with two attached hydrogens (primary N) is 1. The van der Waals surface area contributed by atoms with Crippen LogP contribution in [-0.4, -0.2) is 9.97 Å². The van der Waals surface area contributed by atoms with E-state index in [0.29, 0.717) is 5.95 Å². The molecule has 3 nitrogen and oxygen atoms in total. The molecule has 0 saturated heterocycles. The second-order valence-electron chi connectivity index (χ2n) is 3.65. The van der Waals surface area contributed by atoms with Gasteiger partial charge in [0.15, 0.2) is 0 Å². The van der Waals surface area contributed by atoms with Crippen molar-refractivity contribution in [2.45, 2.75) is 13.8 Å². The molecule has 1 aromatic carbocycles. The van der Waals surface area contributed by atoms with Crippen LogP contribution in [0.1, 0.15) is 11.1 Å². The highest BCUT2D eigenvalue weighted by Gasteiger charge is 2.02. The first-order valence-corrected chi connectivity index (χ1v) is 4.82. The lowest BCUT2D eigenvalue weighted by molar-refractivity contribution is 1.18. The lowest BCUT2D eigenvalue weighted by Gasteiger charge is -2.06. The van der Waals surface area contributed by atoms with Crippen LogP contribution in [0.25, 0.3) is 11.1 Å². The van der Waals surface area contributed by atoms with Crippen LogP contribution >= 0.6 is 0 Å². The molecule has 1 heterocycles. The predicted molar refractivity (Wildman–Crippen MR) is 61.4 cm³/mol. The van der Waals surface area contributed by atoms with Gasteiger partial charge < -0.3 is 5.73 Å². The molecule has 0 unspecified atom stereocenters. The summed E-state index contributed by atoms with van der Waals surface area (Å²) in [5.74, 6) is 0.309. The van der Waals surface area contributed by atoms with E-state index in [1.807, 2.05) is 0 Å². The fraction of sp³-hybridized carbons (Fsp3) is 0.167. The SMILES string of the molecule is Cc1ccc(C)c(-c2cnc(N)nc2)c1. The summed E-state index contributed by atoms with van der Waals surface area (Å²) in [4.78, 5) is 7.99. The van der Waals surface area contributed by atoms with Crippen molar-refractivity contribution in [2.24, 2.45) is 0 Å². The zero-order valence-corrected chi connectivity index (χ0v) is 8.86. The fourth-order valence-corrected chi connectivity index (χ4v) is 1.52. The van der Waals surface area contributed by atoms with Crippen LogP contribution in [0.5, 0.6) is 0 Å². The maximum absolute atomic E-state index is 5.45. The lowest BCUT2D eigenvalue weighted by Crippen LogP contribution is -1.94. The molecule has 2 aromatic rings. The van der Waals surface area contributed by atoms with Gasteiger partial charge >= 0.3 is 0 Å². The van der Waals surface area contributed by atoms with Crippen molar-refractivity contribution in [2.75, 3.05) is 5.73 Å². The maximum atomic E-state index is 5.45. The quantitative estimate of drug-likeness (QED) is 0.767. The predicted octanol–water partition coefficient (Wildman–Crippen LogP) is 2.34. The van der Waals surface area contributed by atoms with E-state index in [4.69, 9.17) is 5.73 Å². The van der Waals surface area contributed by atoms with Gasteiger partial charge in [0.05, 0.1) is 0 Å². The largest absolute Gasteiger partial charge is 0.368 e. The molecule has 76 valence electrons. The lowest BCUT2D eigenvalue weighted by atomic mass is 10.0. The summed E-state index contributed by atoms with van der Waals surface area (Å²) in [6.07, 6.45) is 3.51. The Labute approximate surface area is 89.0 Å². The number of hydrogen-bond acceptors (Lipinski definition) is 3. The summed E-state index contributed by atoms with van der Waals surface area (Å²) in [5.41, 5.74) is 10.1. The first kappa shape index (κ1) is 9.65. The number of rotatable bonds is 1. The number of anilines is 1. The van der Waals surface area contributed by atoms with Crippen molar-refractivity contribution < 1.29 is 0 Å². The van der Waals surface area contributed by atoms with Crippen LogP contribution in [0.15, 0.2) is 30.6 Å². The molecule has 0 fully saturated rings. The molecular formula is C12H13N3. The molecule has 0 aliphatic rings. The topological polar surface area (TPSA) is 51.8 Å². The molecule has 0 radical (unpaired) electrons. The van der Waals surface area contributed by atoms with Gasteiger partial charge in [0.1, 0.15) is 0 Å². The van der Waals surface area contributed by atoms with E-state index < -0.39 is 0 Å². The molecule has 0 atom stereocenters. The Morgan fingerprint density at radius 3 is 2.40 bits per heavy atom. The van der Waals surface area contributed by atoms with E-state index in [0.717, 1.165) is 11.1 Å². The van der Waals surface area contributed by atoms with Gasteiger partial charge in [0.2, 0.25) is 5.95 Å². The van der Waals surface area contributed by atoms with Gasteiger partial charge in [-0.05, 0) is 25.0 Å². The van der Waals surface area contributed by atoms with Gasteiger partial charge in [-0.2, -0.15) is 0 Å². The van der Waals surface area contributed by atoms with Crippen molar-refractivity contribution in [3.8, 4) is 11.1 Å². The number of benzene rings is 1. The molecule has 0 bridgehead atoms. The number of aromatic nitrogens is 2. The third-order valence-corrected chi connectivity index (χ3v) is 2.38. The minimum atomic E-state index is 0.309. The van der Waals surface area contributed by atoms with E-state index >= 15 is 0 Å². The average Bonchev–Trinajstić information content (AvgIpc) is 2.23. The van der Waals surface area contributed by atoms with E-state index in [2.05, 4.69) is 42.0 Å². The number of hydrogen-bond donors (Lipinski definition) is 1. The molecule has 3 heteroatoms. The van der Waals surface area contributed by atoms with Crippen molar-refractivity contribution >= 4 is 5.95 Å². The molecule has 0 amide bonds. The van der Waals surface area contributed by atoms with Crippen molar-refractivity contribution in [1.29, 1.82) is 0 Å². The van der Waals surface area contributed by atoms with E-state index in [-0.39, 0.29) is 0 Å². The summed E-state index contributed by atoms with van der Waals surface area (Å²) >= 11 is 0. The van der Waals surface area contributed by atoms with Crippen LogP contribution in [0.4, 0.5) is 5.95 Å². The van der Waals surface area contributed by atoms with Crippen molar-refractivity contribution in [3.63, 3.8) is 0 Å². The van der Waals surface area contributed by atoms with E-state index in [1.165, 1.54) is 11.1 Å². The van der Waals surface area contributed by atoms with Crippen LogP contribution in [0, 0.1) is 13.8 Å². The third kappa shape index (κ3) is 1.96. The summed E-state index contributed by atoms with van der Waals surface area (Å²) in [6.45, 7) is 4.15. The Hall–Kier alpha value is -1.90. The van der Waals surface area contributed by atoms with Crippen LogP contribution in [-0.2, 0) is 0 Å².